The number of pyridine rings is 1. The average molecular weight is 438 g/mol. The third-order valence-electron chi connectivity index (χ3n) is 4.70. The van der Waals surface area contributed by atoms with Crippen molar-refractivity contribution in [3.63, 3.8) is 0 Å². The molecule has 0 atom stereocenters. The van der Waals surface area contributed by atoms with E-state index in [2.05, 4.69) is 14.8 Å². The van der Waals surface area contributed by atoms with E-state index in [1.54, 1.807) is 32.9 Å². The van der Waals surface area contributed by atoms with E-state index in [1.165, 1.54) is 22.8 Å². The topological polar surface area (TPSA) is 115 Å². The maximum atomic E-state index is 13.6. The van der Waals surface area contributed by atoms with Gasteiger partial charge in [0.05, 0.1) is 13.1 Å². The Morgan fingerprint density at radius 3 is 2.58 bits per heavy atom. The highest BCUT2D eigenvalue weighted by atomic mass is 35.5. The van der Waals surface area contributed by atoms with E-state index in [1.807, 2.05) is 0 Å². The van der Waals surface area contributed by atoms with Gasteiger partial charge in [0.2, 0.25) is 5.78 Å². The van der Waals surface area contributed by atoms with Gasteiger partial charge in [-0.05, 0) is 36.6 Å². The minimum Gasteiger partial charge on any atom is -0.384 e. The molecule has 3 aromatic rings. The number of rotatable bonds is 5. The van der Waals surface area contributed by atoms with Gasteiger partial charge >= 0.3 is 5.69 Å². The normalized spacial score (nSPS) is 10.8. The van der Waals surface area contributed by atoms with E-state index < -0.39 is 17.0 Å². The lowest BCUT2D eigenvalue weighted by Gasteiger charge is -2.18. The summed E-state index contributed by atoms with van der Waals surface area (Å²) in [5, 5.41) is 0.143. The average Bonchev–Trinajstić information content (AvgIpc) is 2.67. The minimum atomic E-state index is -0.734. The molecule has 9 heteroatoms. The number of aromatic amines is 1. The van der Waals surface area contributed by atoms with Crippen molar-refractivity contribution in [3.8, 4) is 0 Å². The first kappa shape index (κ1) is 22.0. The van der Waals surface area contributed by atoms with Crippen LogP contribution in [0, 0.1) is 13.5 Å². The van der Waals surface area contributed by atoms with Gasteiger partial charge < -0.3 is 5.73 Å². The summed E-state index contributed by atoms with van der Waals surface area (Å²) in [6.45, 7) is 12.5. The van der Waals surface area contributed by atoms with Crippen LogP contribution >= 0.6 is 11.6 Å². The molecular formula is C22H20ClN5O3. The predicted molar refractivity (Wildman–Crippen MR) is 119 cm³/mol. The second-order valence-electron chi connectivity index (χ2n) is 7.48. The van der Waals surface area contributed by atoms with Crippen LogP contribution in [0.2, 0.25) is 5.15 Å². The van der Waals surface area contributed by atoms with Gasteiger partial charge in [0.25, 0.3) is 5.56 Å². The standard InChI is InChI=1S/C22H20ClN5O3/c1-11(2)18-19(20(29)14-5-12(3)6-15(9-14)25-4)28(22(31)27-21(18)30)10-13-7-16(23)26-17(24)8-13/h5-9,11H,10H2,1-3H3,(H2,24,26)(H,27,30,31). The van der Waals surface area contributed by atoms with Crippen molar-refractivity contribution in [2.24, 2.45) is 0 Å². The largest absolute Gasteiger partial charge is 0.384 e. The molecule has 0 aliphatic heterocycles. The van der Waals surface area contributed by atoms with Crippen molar-refractivity contribution >= 4 is 28.9 Å². The van der Waals surface area contributed by atoms with Gasteiger partial charge in [0.15, 0.2) is 5.69 Å². The highest BCUT2D eigenvalue weighted by molar-refractivity contribution is 6.29. The Labute approximate surface area is 183 Å². The summed E-state index contributed by atoms with van der Waals surface area (Å²) >= 11 is 5.98. The Hall–Kier alpha value is -3.70. The summed E-state index contributed by atoms with van der Waals surface area (Å²) in [4.78, 5) is 48.5. The van der Waals surface area contributed by atoms with Gasteiger partial charge in [-0.2, -0.15) is 0 Å². The fourth-order valence-corrected chi connectivity index (χ4v) is 3.70. The number of H-pyrrole nitrogens is 1. The third-order valence-corrected chi connectivity index (χ3v) is 4.89. The molecule has 0 spiro atoms. The smallest absolute Gasteiger partial charge is 0.329 e. The summed E-state index contributed by atoms with van der Waals surface area (Å²) in [6.07, 6.45) is 0. The lowest BCUT2D eigenvalue weighted by Crippen LogP contribution is -2.38. The van der Waals surface area contributed by atoms with E-state index in [4.69, 9.17) is 23.9 Å². The molecule has 0 unspecified atom stereocenters. The first-order valence-corrected chi connectivity index (χ1v) is 9.81. The molecule has 0 aliphatic rings. The van der Waals surface area contributed by atoms with E-state index in [0.717, 1.165) is 5.56 Å². The van der Waals surface area contributed by atoms with Crippen LogP contribution in [0.3, 0.4) is 0 Å². The summed E-state index contributed by atoms with van der Waals surface area (Å²) in [7, 11) is 0. The molecule has 1 aromatic carbocycles. The number of hydrogen-bond donors (Lipinski definition) is 2. The maximum absolute atomic E-state index is 13.6. The number of anilines is 1. The minimum absolute atomic E-state index is 0.0308. The molecule has 0 radical (unpaired) electrons. The van der Waals surface area contributed by atoms with Crippen LogP contribution in [-0.2, 0) is 6.54 Å². The maximum Gasteiger partial charge on any atom is 0.329 e. The number of carbonyl (C=O) groups excluding carboxylic acids is 1. The van der Waals surface area contributed by atoms with Gasteiger partial charge in [-0.3, -0.25) is 19.1 Å². The van der Waals surface area contributed by atoms with Crippen LogP contribution in [0.15, 0.2) is 39.9 Å². The van der Waals surface area contributed by atoms with Crippen LogP contribution in [0.1, 0.15) is 52.5 Å². The predicted octanol–water partition coefficient (Wildman–Crippen LogP) is 3.43. The number of nitrogens with two attached hydrogens (primary N) is 1. The second-order valence-corrected chi connectivity index (χ2v) is 7.87. The SMILES string of the molecule is [C-]#[N+]c1cc(C)cc(C(=O)c2c(C(C)C)c(=O)[nH]c(=O)n2Cc2cc(N)nc(Cl)c2)c1. The molecule has 0 saturated carbocycles. The molecule has 3 rings (SSSR count). The lowest BCUT2D eigenvalue weighted by atomic mass is 9.96. The number of nitrogen functional groups attached to an aromatic ring is 1. The first-order chi connectivity index (χ1) is 14.6. The van der Waals surface area contributed by atoms with Crippen LogP contribution in [-0.4, -0.2) is 20.3 Å². The van der Waals surface area contributed by atoms with Gasteiger partial charge in [-0.15, -0.1) is 0 Å². The van der Waals surface area contributed by atoms with E-state index in [-0.39, 0.29) is 40.3 Å². The Bertz CT molecular complexity index is 1330. The lowest BCUT2D eigenvalue weighted by molar-refractivity contribution is 0.102. The van der Waals surface area contributed by atoms with Gasteiger partial charge in [0.1, 0.15) is 16.7 Å². The van der Waals surface area contributed by atoms with Crippen molar-refractivity contribution in [2.75, 3.05) is 5.73 Å². The fourth-order valence-electron chi connectivity index (χ4n) is 3.46. The molecule has 158 valence electrons. The molecule has 0 bridgehead atoms. The van der Waals surface area contributed by atoms with Crippen LogP contribution in [0.5, 0.6) is 0 Å². The Kier molecular flexibility index (Phi) is 6.09. The summed E-state index contributed by atoms with van der Waals surface area (Å²) in [6, 6.07) is 7.79. The Balaban J connectivity index is 2.30. The number of carbonyl (C=O) groups is 1. The number of aromatic nitrogens is 3. The van der Waals surface area contributed by atoms with Crippen molar-refractivity contribution in [1.29, 1.82) is 0 Å². The zero-order chi connectivity index (χ0) is 22.9. The number of hydrogen-bond acceptors (Lipinski definition) is 5. The third kappa shape index (κ3) is 4.57. The number of benzene rings is 1. The van der Waals surface area contributed by atoms with Gasteiger partial charge in [-0.25, -0.2) is 14.6 Å². The zero-order valence-electron chi connectivity index (χ0n) is 17.2. The number of nitrogens with one attached hydrogen (secondary N) is 1. The van der Waals surface area contributed by atoms with Crippen LogP contribution in [0.25, 0.3) is 4.85 Å². The molecule has 2 heterocycles. The number of aryl methyl sites for hydroxylation is 1. The van der Waals surface area contributed by atoms with E-state index >= 15 is 0 Å². The summed E-state index contributed by atoms with van der Waals surface area (Å²) in [5.74, 6) is -0.697. The van der Waals surface area contributed by atoms with E-state index in [0.29, 0.717) is 11.3 Å². The Morgan fingerprint density at radius 2 is 1.97 bits per heavy atom. The molecule has 0 amide bonds. The fraction of sp³-hybridized carbons (Fsp3) is 0.227. The monoisotopic (exact) mass is 437 g/mol. The van der Waals surface area contributed by atoms with Crippen molar-refractivity contribution in [3.05, 3.63) is 95.7 Å². The van der Waals surface area contributed by atoms with Crippen molar-refractivity contribution in [1.82, 2.24) is 14.5 Å². The highest BCUT2D eigenvalue weighted by Gasteiger charge is 2.25. The molecule has 31 heavy (non-hydrogen) atoms. The highest BCUT2D eigenvalue weighted by Crippen LogP contribution is 2.23. The number of halogens is 1. The molecule has 8 nitrogen and oxygen atoms in total. The molecule has 0 aliphatic carbocycles. The first-order valence-electron chi connectivity index (χ1n) is 9.43. The van der Waals surface area contributed by atoms with Crippen LogP contribution < -0.4 is 17.0 Å². The van der Waals surface area contributed by atoms with Crippen molar-refractivity contribution < 1.29 is 4.79 Å². The zero-order valence-corrected chi connectivity index (χ0v) is 17.9. The number of nitrogens with zero attached hydrogens (tertiary/aromatic N) is 3. The molecule has 3 N–H and O–H groups in total. The number of ketones is 1. The molecule has 2 aromatic heterocycles. The van der Waals surface area contributed by atoms with Crippen molar-refractivity contribution in [2.45, 2.75) is 33.2 Å². The Morgan fingerprint density at radius 1 is 1.26 bits per heavy atom. The van der Waals surface area contributed by atoms with Crippen LogP contribution in [0.4, 0.5) is 11.5 Å². The molecule has 0 saturated heterocycles. The summed E-state index contributed by atoms with van der Waals surface area (Å²) < 4.78 is 1.20. The quantitative estimate of drug-likeness (QED) is 0.360. The molecular weight excluding hydrogens is 418 g/mol. The van der Waals surface area contributed by atoms with E-state index in [9.17, 15) is 14.4 Å². The van der Waals surface area contributed by atoms with Gasteiger partial charge in [0, 0.05) is 11.1 Å². The van der Waals surface area contributed by atoms with Gasteiger partial charge in [-0.1, -0.05) is 43.1 Å². The second kappa shape index (κ2) is 8.58. The summed E-state index contributed by atoms with van der Waals surface area (Å²) in [5.41, 5.74) is 6.33. The molecule has 0 fully saturated rings.